The Balaban J connectivity index is 1.39. The molecule has 3 rings (SSSR count). The molecule has 1 aromatic carbocycles. The quantitative estimate of drug-likeness (QED) is 0.725. The lowest BCUT2D eigenvalue weighted by atomic mass is 9.87. The van der Waals surface area contributed by atoms with Gasteiger partial charge in [0.25, 0.3) is 0 Å². The van der Waals surface area contributed by atoms with E-state index in [1.165, 1.54) is 50.5 Å². The summed E-state index contributed by atoms with van der Waals surface area (Å²) in [5.74, 6) is 1.95. The van der Waals surface area contributed by atoms with Gasteiger partial charge in [-0.05, 0) is 37.8 Å². The van der Waals surface area contributed by atoms with E-state index in [9.17, 15) is 0 Å². The van der Waals surface area contributed by atoms with Gasteiger partial charge in [0.2, 0.25) is 0 Å². The van der Waals surface area contributed by atoms with Crippen molar-refractivity contribution in [1.82, 2.24) is 5.32 Å². The van der Waals surface area contributed by atoms with Gasteiger partial charge in [-0.25, -0.2) is 0 Å². The summed E-state index contributed by atoms with van der Waals surface area (Å²) in [6, 6.07) is 8.39. The van der Waals surface area contributed by atoms with Crippen molar-refractivity contribution >= 4 is 0 Å². The standard InChI is InChI=1S/C20H31NO2/c1-2-7-17(8-3-1)12-13-21-15-18-9-4-5-11-20(18)23-16-19-10-6-14-22-19/h4-5,9,11,17,19,21H,1-3,6-8,10,12-16H2. The molecule has 1 heterocycles. The van der Waals surface area contributed by atoms with Crippen LogP contribution in [0.4, 0.5) is 0 Å². The summed E-state index contributed by atoms with van der Waals surface area (Å²) in [6.07, 6.45) is 11.1. The molecule has 1 saturated heterocycles. The number of benzene rings is 1. The van der Waals surface area contributed by atoms with Gasteiger partial charge in [0, 0.05) is 18.7 Å². The minimum absolute atomic E-state index is 0.280. The Hall–Kier alpha value is -1.06. The first-order chi connectivity index (χ1) is 11.4. The van der Waals surface area contributed by atoms with E-state index in [0.717, 1.165) is 37.8 Å². The van der Waals surface area contributed by atoms with E-state index in [0.29, 0.717) is 6.61 Å². The van der Waals surface area contributed by atoms with Crippen LogP contribution >= 0.6 is 0 Å². The average molecular weight is 317 g/mol. The molecule has 1 atom stereocenters. The molecule has 3 heteroatoms. The number of nitrogens with one attached hydrogen (secondary N) is 1. The molecule has 128 valence electrons. The minimum Gasteiger partial charge on any atom is -0.491 e. The minimum atomic E-state index is 0.280. The number of hydrogen-bond acceptors (Lipinski definition) is 3. The van der Waals surface area contributed by atoms with E-state index < -0.39 is 0 Å². The summed E-state index contributed by atoms with van der Waals surface area (Å²) >= 11 is 0. The monoisotopic (exact) mass is 317 g/mol. The molecule has 1 unspecified atom stereocenters. The SMILES string of the molecule is c1ccc(OCC2CCCO2)c(CNCCC2CCCCC2)c1. The second-order valence-electron chi connectivity index (χ2n) is 7.02. The van der Waals surface area contributed by atoms with Crippen LogP contribution in [0.1, 0.15) is 56.9 Å². The number of ether oxygens (including phenoxy) is 2. The molecular formula is C20H31NO2. The molecule has 3 nitrogen and oxygen atoms in total. The lowest BCUT2D eigenvalue weighted by molar-refractivity contribution is 0.0676. The molecule has 1 aliphatic heterocycles. The van der Waals surface area contributed by atoms with E-state index >= 15 is 0 Å². The molecule has 1 N–H and O–H groups in total. The highest BCUT2D eigenvalue weighted by Gasteiger charge is 2.17. The van der Waals surface area contributed by atoms with E-state index in [1.54, 1.807) is 0 Å². The molecule has 0 radical (unpaired) electrons. The van der Waals surface area contributed by atoms with Crippen LogP contribution in [0.2, 0.25) is 0 Å². The fraction of sp³-hybridized carbons (Fsp3) is 0.700. The maximum Gasteiger partial charge on any atom is 0.123 e. The molecule has 2 fully saturated rings. The predicted octanol–water partition coefficient (Wildman–Crippen LogP) is 4.30. The molecule has 0 amide bonds. The fourth-order valence-corrected chi connectivity index (χ4v) is 3.75. The summed E-state index contributed by atoms with van der Waals surface area (Å²) in [4.78, 5) is 0. The topological polar surface area (TPSA) is 30.5 Å². The predicted molar refractivity (Wildman–Crippen MR) is 93.8 cm³/mol. The molecule has 0 bridgehead atoms. The Morgan fingerprint density at radius 3 is 2.74 bits per heavy atom. The van der Waals surface area contributed by atoms with Crippen molar-refractivity contribution in [1.29, 1.82) is 0 Å². The number of para-hydroxylation sites is 1. The van der Waals surface area contributed by atoms with E-state index in [1.807, 2.05) is 0 Å². The van der Waals surface area contributed by atoms with Crippen LogP contribution in [0.5, 0.6) is 5.75 Å². The lowest BCUT2D eigenvalue weighted by Gasteiger charge is -2.21. The molecule has 1 saturated carbocycles. The Bertz CT molecular complexity index is 451. The second kappa shape index (κ2) is 9.29. The van der Waals surface area contributed by atoms with Crippen LogP contribution in [0.3, 0.4) is 0 Å². The summed E-state index contributed by atoms with van der Waals surface area (Å²) in [5, 5.41) is 3.61. The van der Waals surface area contributed by atoms with Crippen molar-refractivity contribution in [3.8, 4) is 5.75 Å². The van der Waals surface area contributed by atoms with Crippen molar-refractivity contribution in [3.05, 3.63) is 29.8 Å². The summed E-state index contributed by atoms with van der Waals surface area (Å²) in [6.45, 7) is 3.58. The Kier molecular flexibility index (Phi) is 6.78. The second-order valence-corrected chi connectivity index (χ2v) is 7.02. The van der Waals surface area contributed by atoms with E-state index in [2.05, 4.69) is 29.6 Å². The van der Waals surface area contributed by atoms with Gasteiger partial charge in [-0.2, -0.15) is 0 Å². The van der Waals surface area contributed by atoms with Gasteiger partial charge in [0.1, 0.15) is 12.4 Å². The number of hydrogen-bond donors (Lipinski definition) is 1. The van der Waals surface area contributed by atoms with Gasteiger partial charge >= 0.3 is 0 Å². The molecule has 23 heavy (non-hydrogen) atoms. The van der Waals surface area contributed by atoms with Crippen LogP contribution in [-0.4, -0.2) is 25.9 Å². The first kappa shape index (κ1) is 16.8. The third-order valence-corrected chi connectivity index (χ3v) is 5.19. The summed E-state index contributed by atoms with van der Waals surface area (Å²) in [7, 11) is 0. The zero-order valence-electron chi connectivity index (χ0n) is 14.3. The Morgan fingerprint density at radius 2 is 1.91 bits per heavy atom. The van der Waals surface area contributed by atoms with Crippen molar-refractivity contribution in [3.63, 3.8) is 0 Å². The molecular weight excluding hydrogens is 286 g/mol. The summed E-state index contributed by atoms with van der Waals surface area (Å²) in [5.41, 5.74) is 1.26. The summed E-state index contributed by atoms with van der Waals surface area (Å²) < 4.78 is 11.6. The van der Waals surface area contributed by atoms with Gasteiger partial charge in [0.15, 0.2) is 0 Å². The smallest absolute Gasteiger partial charge is 0.123 e. The highest BCUT2D eigenvalue weighted by atomic mass is 16.5. The van der Waals surface area contributed by atoms with Crippen LogP contribution in [0.25, 0.3) is 0 Å². The fourth-order valence-electron chi connectivity index (χ4n) is 3.75. The molecule has 1 aliphatic carbocycles. The van der Waals surface area contributed by atoms with Crippen molar-refractivity contribution in [2.75, 3.05) is 19.8 Å². The van der Waals surface area contributed by atoms with Crippen molar-refractivity contribution in [2.24, 2.45) is 5.92 Å². The van der Waals surface area contributed by atoms with Crippen LogP contribution < -0.4 is 10.1 Å². The zero-order valence-corrected chi connectivity index (χ0v) is 14.3. The Morgan fingerprint density at radius 1 is 1.04 bits per heavy atom. The normalized spacial score (nSPS) is 22.3. The van der Waals surface area contributed by atoms with E-state index in [4.69, 9.17) is 9.47 Å². The molecule has 0 aromatic heterocycles. The molecule has 1 aromatic rings. The molecule has 2 aliphatic rings. The third kappa shape index (κ3) is 5.50. The highest BCUT2D eigenvalue weighted by Crippen LogP contribution is 2.26. The third-order valence-electron chi connectivity index (χ3n) is 5.19. The first-order valence-corrected chi connectivity index (χ1v) is 9.45. The van der Waals surface area contributed by atoms with Gasteiger partial charge in [0.05, 0.1) is 6.10 Å². The van der Waals surface area contributed by atoms with Crippen molar-refractivity contribution < 1.29 is 9.47 Å². The van der Waals surface area contributed by atoms with Crippen LogP contribution in [0, 0.1) is 5.92 Å². The van der Waals surface area contributed by atoms with Crippen LogP contribution in [-0.2, 0) is 11.3 Å². The average Bonchev–Trinajstić information content (AvgIpc) is 3.12. The largest absolute Gasteiger partial charge is 0.491 e. The maximum absolute atomic E-state index is 6.00. The van der Waals surface area contributed by atoms with E-state index in [-0.39, 0.29) is 6.10 Å². The van der Waals surface area contributed by atoms with Gasteiger partial charge in [-0.1, -0.05) is 50.3 Å². The highest BCUT2D eigenvalue weighted by molar-refractivity contribution is 5.33. The maximum atomic E-state index is 6.00. The van der Waals surface area contributed by atoms with Gasteiger partial charge in [-0.3, -0.25) is 0 Å². The lowest BCUT2D eigenvalue weighted by Crippen LogP contribution is -2.20. The Labute approximate surface area is 140 Å². The molecule has 0 spiro atoms. The first-order valence-electron chi connectivity index (χ1n) is 9.45. The number of rotatable bonds is 8. The van der Waals surface area contributed by atoms with Gasteiger partial charge < -0.3 is 14.8 Å². The van der Waals surface area contributed by atoms with Crippen molar-refractivity contribution in [2.45, 2.75) is 64.0 Å². The van der Waals surface area contributed by atoms with Crippen LogP contribution in [0.15, 0.2) is 24.3 Å². The zero-order chi connectivity index (χ0) is 15.7. The van der Waals surface area contributed by atoms with Gasteiger partial charge in [-0.15, -0.1) is 0 Å².